The van der Waals surface area contributed by atoms with E-state index < -0.39 is 5.66 Å². The summed E-state index contributed by atoms with van der Waals surface area (Å²) in [6, 6.07) is 4.45. The number of hydrogen-bond acceptors (Lipinski definition) is 6. The van der Waals surface area contributed by atoms with Gasteiger partial charge in [0.1, 0.15) is 5.82 Å². The van der Waals surface area contributed by atoms with Crippen LogP contribution in [0.1, 0.15) is 32.1 Å². The maximum absolute atomic E-state index is 12.1. The fourth-order valence-electron chi connectivity index (χ4n) is 3.23. The van der Waals surface area contributed by atoms with E-state index in [1.807, 2.05) is 18.3 Å². The molecule has 1 saturated heterocycles. The lowest BCUT2D eigenvalue weighted by molar-refractivity contribution is -0.116. The Hall–Kier alpha value is -2.46. The molecule has 2 aliphatic heterocycles. The molecule has 0 radical (unpaired) electrons. The summed E-state index contributed by atoms with van der Waals surface area (Å²) in [5.74, 6) is 3.09. The third kappa shape index (κ3) is 4.58. The molecule has 0 aromatic carbocycles. The van der Waals surface area contributed by atoms with E-state index in [0.29, 0.717) is 37.5 Å². The van der Waals surface area contributed by atoms with Gasteiger partial charge >= 0.3 is 0 Å². The average Bonchev–Trinajstić information content (AvgIpc) is 3.23. The van der Waals surface area contributed by atoms with Crippen molar-refractivity contribution < 1.29 is 4.79 Å². The number of carbonyl (C=O) groups is 1. The van der Waals surface area contributed by atoms with E-state index in [4.69, 9.17) is 6.42 Å². The van der Waals surface area contributed by atoms with Gasteiger partial charge in [-0.3, -0.25) is 4.79 Å². The number of likely N-dealkylation sites (N-methyl/N-ethyl adjacent to an activating group) is 1. The predicted molar refractivity (Wildman–Crippen MR) is 102 cm³/mol. The SMILES string of the molecule is C#CCCC1(CCC(=O)Nc2ccc(N3CCC(N(C)C)C3)cn2)N=N1. The van der Waals surface area contributed by atoms with E-state index in [1.54, 1.807) is 0 Å². The molecule has 2 aliphatic rings. The molecule has 0 bridgehead atoms. The molecule has 0 spiro atoms. The van der Waals surface area contributed by atoms with Gasteiger partial charge in [0.25, 0.3) is 0 Å². The second-order valence-corrected chi connectivity index (χ2v) is 7.19. The highest BCUT2D eigenvalue weighted by Crippen LogP contribution is 2.37. The molecular weight excluding hydrogens is 328 g/mol. The molecule has 26 heavy (non-hydrogen) atoms. The molecule has 0 saturated carbocycles. The highest BCUT2D eigenvalue weighted by molar-refractivity contribution is 5.89. The third-order valence-corrected chi connectivity index (χ3v) is 5.08. The van der Waals surface area contributed by atoms with Crippen LogP contribution in [0.4, 0.5) is 11.5 Å². The summed E-state index contributed by atoms with van der Waals surface area (Å²) in [6.45, 7) is 2.04. The summed E-state index contributed by atoms with van der Waals surface area (Å²) in [4.78, 5) is 21.1. The Balaban J connectivity index is 1.46. The number of pyridine rings is 1. The van der Waals surface area contributed by atoms with Gasteiger partial charge in [-0.15, -0.1) is 12.3 Å². The van der Waals surface area contributed by atoms with E-state index in [-0.39, 0.29) is 5.91 Å². The summed E-state index contributed by atoms with van der Waals surface area (Å²) in [6.07, 6.45) is 10.6. The van der Waals surface area contributed by atoms with Crippen LogP contribution in [0, 0.1) is 12.3 Å². The van der Waals surface area contributed by atoms with Crippen LogP contribution in [-0.2, 0) is 4.79 Å². The topological polar surface area (TPSA) is 73.2 Å². The zero-order chi connectivity index (χ0) is 18.6. The molecule has 7 nitrogen and oxygen atoms in total. The van der Waals surface area contributed by atoms with Crippen molar-refractivity contribution in [1.82, 2.24) is 9.88 Å². The molecular formula is C19H26N6O. The fraction of sp³-hybridized carbons (Fsp3) is 0.579. The molecule has 1 atom stereocenters. The number of amides is 1. The highest BCUT2D eigenvalue weighted by Gasteiger charge is 2.39. The van der Waals surface area contributed by atoms with Crippen LogP contribution in [0.2, 0.25) is 0 Å². The van der Waals surface area contributed by atoms with Crippen molar-refractivity contribution in [3.8, 4) is 12.3 Å². The molecule has 138 valence electrons. The summed E-state index contributed by atoms with van der Waals surface area (Å²) in [5.41, 5.74) is 0.677. The molecule has 1 fully saturated rings. The summed E-state index contributed by atoms with van der Waals surface area (Å²) in [5, 5.41) is 10.9. The second kappa shape index (κ2) is 7.83. The van der Waals surface area contributed by atoms with E-state index in [0.717, 1.165) is 25.2 Å². The van der Waals surface area contributed by atoms with Crippen LogP contribution in [0.15, 0.2) is 28.6 Å². The zero-order valence-electron chi connectivity index (χ0n) is 15.5. The minimum Gasteiger partial charge on any atom is -0.369 e. The van der Waals surface area contributed by atoms with Gasteiger partial charge in [-0.25, -0.2) is 4.98 Å². The molecule has 3 heterocycles. The zero-order valence-corrected chi connectivity index (χ0v) is 15.5. The lowest BCUT2D eigenvalue weighted by Gasteiger charge is -2.21. The maximum atomic E-state index is 12.1. The van der Waals surface area contributed by atoms with Gasteiger partial charge < -0.3 is 15.1 Å². The quantitative estimate of drug-likeness (QED) is 0.728. The van der Waals surface area contributed by atoms with Crippen molar-refractivity contribution >= 4 is 17.4 Å². The van der Waals surface area contributed by atoms with Gasteiger partial charge in [0.15, 0.2) is 5.66 Å². The minimum absolute atomic E-state index is 0.0727. The van der Waals surface area contributed by atoms with Crippen LogP contribution in [0.5, 0.6) is 0 Å². The van der Waals surface area contributed by atoms with Gasteiger partial charge in [0.2, 0.25) is 5.91 Å². The fourth-order valence-corrected chi connectivity index (χ4v) is 3.23. The van der Waals surface area contributed by atoms with Gasteiger partial charge in [-0.1, -0.05) is 0 Å². The Morgan fingerprint density at radius 3 is 2.81 bits per heavy atom. The van der Waals surface area contributed by atoms with Crippen molar-refractivity contribution in [2.45, 2.75) is 43.8 Å². The molecule has 1 aromatic rings. The standard InChI is InChI=1S/C19H26N6O/c1-4-5-10-19(22-23-19)11-8-18(26)21-17-7-6-15(13-20-17)25-12-9-16(14-25)24(2)3/h1,6-7,13,16H,5,8-12,14H2,2-3H3,(H,20,21,26). The van der Waals surface area contributed by atoms with E-state index >= 15 is 0 Å². The molecule has 1 amide bonds. The average molecular weight is 354 g/mol. The van der Waals surface area contributed by atoms with Crippen molar-refractivity contribution in [1.29, 1.82) is 0 Å². The largest absolute Gasteiger partial charge is 0.369 e. The van der Waals surface area contributed by atoms with Gasteiger partial charge in [0, 0.05) is 44.8 Å². The number of nitrogens with one attached hydrogen (secondary N) is 1. The molecule has 1 unspecified atom stereocenters. The molecule has 0 aliphatic carbocycles. The molecule has 1 N–H and O–H groups in total. The number of carbonyl (C=O) groups excluding carboxylic acids is 1. The smallest absolute Gasteiger partial charge is 0.225 e. The highest BCUT2D eigenvalue weighted by atomic mass is 16.1. The first-order valence-corrected chi connectivity index (χ1v) is 9.06. The van der Waals surface area contributed by atoms with Crippen molar-refractivity contribution in [2.24, 2.45) is 10.2 Å². The van der Waals surface area contributed by atoms with Crippen molar-refractivity contribution in [3.63, 3.8) is 0 Å². The third-order valence-electron chi connectivity index (χ3n) is 5.08. The monoisotopic (exact) mass is 354 g/mol. The number of hydrogen-bond donors (Lipinski definition) is 1. The maximum Gasteiger partial charge on any atom is 0.225 e. The van der Waals surface area contributed by atoms with Crippen LogP contribution in [0.25, 0.3) is 0 Å². The Bertz CT molecular complexity index is 700. The number of rotatable bonds is 8. The lowest BCUT2D eigenvalue weighted by Crippen LogP contribution is -2.31. The summed E-state index contributed by atoms with van der Waals surface area (Å²) < 4.78 is 0. The first kappa shape index (κ1) is 18.3. The normalized spacial score (nSPS) is 20.2. The van der Waals surface area contributed by atoms with Crippen LogP contribution in [-0.4, -0.2) is 54.7 Å². The van der Waals surface area contributed by atoms with E-state index in [2.05, 4.69) is 50.3 Å². The summed E-state index contributed by atoms with van der Waals surface area (Å²) in [7, 11) is 4.23. The van der Waals surface area contributed by atoms with E-state index in [9.17, 15) is 4.79 Å². The number of aromatic nitrogens is 1. The van der Waals surface area contributed by atoms with Crippen molar-refractivity contribution in [2.75, 3.05) is 37.4 Å². The predicted octanol–water partition coefficient (Wildman–Crippen LogP) is 2.52. The Kier molecular flexibility index (Phi) is 5.52. The number of nitrogens with zero attached hydrogens (tertiary/aromatic N) is 5. The van der Waals surface area contributed by atoms with Gasteiger partial charge in [0.05, 0.1) is 11.9 Å². The minimum atomic E-state index is -0.417. The first-order chi connectivity index (χ1) is 12.5. The molecule has 1 aromatic heterocycles. The van der Waals surface area contributed by atoms with Crippen molar-refractivity contribution in [3.05, 3.63) is 18.3 Å². The number of terminal acetylenes is 1. The number of anilines is 2. The Labute approximate surface area is 154 Å². The van der Waals surface area contributed by atoms with Gasteiger partial charge in [-0.05, 0) is 32.6 Å². The summed E-state index contributed by atoms with van der Waals surface area (Å²) >= 11 is 0. The molecule has 7 heteroatoms. The molecule has 3 rings (SSSR count). The Morgan fingerprint density at radius 2 is 2.23 bits per heavy atom. The van der Waals surface area contributed by atoms with E-state index in [1.165, 1.54) is 0 Å². The second-order valence-electron chi connectivity index (χ2n) is 7.19. The van der Waals surface area contributed by atoms with Crippen LogP contribution < -0.4 is 10.2 Å². The van der Waals surface area contributed by atoms with Crippen LogP contribution >= 0.6 is 0 Å². The first-order valence-electron chi connectivity index (χ1n) is 9.06. The Morgan fingerprint density at radius 1 is 1.42 bits per heavy atom. The lowest BCUT2D eigenvalue weighted by atomic mass is 10.0. The van der Waals surface area contributed by atoms with Crippen LogP contribution in [0.3, 0.4) is 0 Å². The van der Waals surface area contributed by atoms with Gasteiger partial charge in [-0.2, -0.15) is 10.2 Å².